The molecule has 0 aliphatic heterocycles. The molecule has 1 amide bonds. The van der Waals surface area contributed by atoms with Gasteiger partial charge in [-0.3, -0.25) is 9.10 Å². The van der Waals surface area contributed by atoms with E-state index in [-0.39, 0.29) is 16.3 Å². The number of halogens is 1. The van der Waals surface area contributed by atoms with Gasteiger partial charge in [0.05, 0.1) is 37.6 Å². The predicted molar refractivity (Wildman–Crippen MR) is 143 cm³/mol. The number of rotatable bonds is 13. The van der Waals surface area contributed by atoms with Gasteiger partial charge in [-0.05, 0) is 72.6 Å². The summed E-state index contributed by atoms with van der Waals surface area (Å²) in [5, 5.41) is 3.93. The molecule has 0 unspecified atom stereocenters. The van der Waals surface area contributed by atoms with Gasteiger partial charge in [-0.2, -0.15) is 5.10 Å². The number of nitrogens with zero attached hydrogens (tertiary/aromatic N) is 2. The van der Waals surface area contributed by atoms with Crippen LogP contribution in [0.3, 0.4) is 0 Å². The van der Waals surface area contributed by atoms with Gasteiger partial charge >= 0.3 is 0 Å². The molecule has 0 spiro atoms. The highest BCUT2D eigenvalue weighted by molar-refractivity contribution is 7.92. The molecule has 0 radical (unpaired) electrons. The fourth-order valence-electron chi connectivity index (χ4n) is 3.36. The van der Waals surface area contributed by atoms with Crippen molar-refractivity contribution in [2.45, 2.75) is 24.7 Å². The van der Waals surface area contributed by atoms with Crippen LogP contribution >= 0.6 is 0 Å². The van der Waals surface area contributed by atoms with Crippen LogP contribution in [0.5, 0.6) is 17.2 Å². The first-order chi connectivity index (χ1) is 18.3. The molecule has 0 aliphatic rings. The number of anilines is 1. The second-order valence-electron chi connectivity index (χ2n) is 8.07. The number of hydrogen-bond acceptors (Lipinski definition) is 7. The number of hydrogen-bond donors (Lipinski definition) is 1. The molecule has 0 saturated carbocycles. The predicted octanol–water partition coefficient (Wildman–Crippen LogP) is 4.37. The number of hydrazone groups is 1. The zero-order chi connectivity index (χ0) is 27.5. The van der Waals surface area contributed by atoms with Crippen LogP contribution < -0.4 is 23.9 Å². The number of unbranched alkanes of at least 4 members (excludes halogenated alkanes) is 1. The molecule has 202 valence electrons. The lowest BCUT2D eigenvalue weighted by molar-refractivity contribution is -0.119. The van der Waals surface area contributed by atoms with Crippen molar-refractivity contribution in [3.63, 3.8) is 0 Å². The molecule has 0 aromatic heterocycles. The lowest BCUT2D eigenvalue weighted by Gasteiger charge is -2.24. The Hall–Kier alpha value is -4.12. The zero-order valence-corrected chi connectivity index (χ0v) is 22.2. The highest BCUT2D eigenvalue weighted by Gasteiger charge is 2.28. The number of ether oxygens (including phenoxy) is 3. The van der Waals surface area contributed by atoms with Gasteiger partial charge in [0, 0.05) is 6.07 Å². The lowest BCUT2D eigenvalue weighted by atomic mass is 10.2. The van der Waals surface area contributed by atoms with E-state index in [1.54, 1.807) is 24.3 Å². The second-order valence-corrected chi connectivity index (χ2v) is 9.93. The van der Waals surface area contributed by atoms with Gasteiger partial charge in [0.2, 0.25) is 0 Å². The Morgan fingerprint density at radius 2 is 1.68 bits per heavy atom. The third-order valence-electron chi connectivity index (χ3n) is 5.39. The summed E-state index contributed by atoms with van der Waals surface area (Å²) in [4.78, 5) is 12.6. The molecule has 0 saturated heterocycles. The average Bonchev–Trinajstić information content (AvgIpc) is 2.92. The molecule has 11 heteroatoms. The number of methoxy groups -OCH3 is 2. The van der Waals surface area contributed by atoms with Crippen LogP contribution in [0.25, 0.3) is 0 Å². The molecule has 0 aliphatic carbocycles. The van der Waals surface area contributed by atoms with Crippen molar-refractivity contribution in [2.75, 3.05) is 31.7 Å². The van der Waals surface area contributed by atoms with Crippen molar-refractivity contribution in [3.8, 4) is 17.2 Å². The van der Waals surface area contributed by atoms with E-state index in [1.807, 2.05) is 0 Å². The first-order valence-electron chi connectivity index (χ1n) is 11.8. The Kier molecular flexibility index (Phi) is 10.1. The third-order valence-corrected chi connectivity index (χ3v) is 7.16. The smallest absolute Gasteiger partial charge is 0.264 e. The summed E-state index contributed by atoms with van der Waals surface area (Å²) in [6.45, 7) is 2.11. The molecule has 0 bridgehead atoms. The van der Waals surface area contributed by atoms with E-state index >= 15 is 0 Å². The van der Waals surface area contributed by atoms with Gasteiger partial charge in [0.1, 0.15) is 18.1 Å². The number of nitrogens with one attached hydrogen (secondary N) is 1. The second kappa shape index (κ2) is 13.4. The van der Waals surface area contributed by atoms with Crippen LogP contribution in [0.15, 0.2) is 76.7 Å². The summed E-state index contributed by atoms with van der Waals surface area (Å²) in [5.41, 5.74) is 3.14. The molecule has 1 N–H and O–H groups in total. The molecule has 3 aromatic carbocycles. The monoisotopic (exact) mass is 543 g/mol. The van der Waals surface area contributed by atoms with E-state index in [0.29, 0.717) is 17.9 Å². The Bertz CT molecular complexity index is 1350. The van der Waals surface area contributed by atoms with Gasteiger partial charge in [-0.1, -0.05) is 13.3 Å². The maximum absolute atomic E-state index is 13.5. The molecule has 0 heterocycles. The fourth-order valence-corrected chi connectivity index (χ4v) is 4.79. The van der Waals surface area contributed by atoms with E-state index in [2.05, 4.69) is 17.5 Å². The van der Waals surface area contributed by atoms with Crippen LogP contribution in [0.1, 0.15) is 25.3 Å². The summed E-state index contributed by atoms with van der Waals surface area (Å²) in [6, 6.07) is 16.0. The fraction of sp³-hybridized carbons (Fsp3) is 0.259. The van der Waals surface area contributed by atoms with E-state index in [4.69, 9.17) is 14.2 Å². The minimum absolute atomic E-state index is 0.0963. The van der Waals surface area contributed by atoms with Crippen LogP contribution in [0.2, 0.25) is 0 Å². The van der Waals surface area contributed by atoms with Crippen LogP contribution in [0, 0.1) is 5.82 Å². The summed E-state index contributed by atoms with van der Waals surface area (Å²) in [6.07, 6.45) is 3.43. The van der Waals surface area contributed by atoms with Gasteiger partial charge in [0.15, 0.2) is 11.5 Å². The molecule has 3 rings (SSSR count). The maximum atomic E-state index is 13.5. The number of benzene rings is 3. The van der Waals surface area contributed by atoms with Crippen LogP contribution in [0.4, 0.5) is 10.1 Å². The molecular formula is C27H30FN3O6S. The average molecular weight is 544 g/mol. The van der Waals surface area contributed by atoms with Gasteiger partial charge in [0.25, 0.3) is 15.9 Å². The standard InChI is InChI=1S/C27H30FN3O6S/c1-4-5-16-37-23-12-6-20(7-13-23)18-29-30-27(32)19-31(22-10-8-21(28)9-11-22)38(33,34)24-14-15-25(35-2)26(17-24)36-3/h6-15,17-18H,4-5,16,19H2,1-3H3,(H,30,32)/b29-18-. The summed E-state index contributed by atoms with van der Waals surface area (Å²) < 4.78 is 57.5. The van der Waals surface area contributed by atoms with Crippen LogP contribution in [-0.4, -0.2) is 47.9 Å². The van der Waals surface area contributed by atoms with Gasteiger partial charge in [-0.15, -0.1) is 0 Å². The number of carbonyl (C=O) groups is 1. The Balaban J connectivity index is 1.77. The first-order valence-corrected chi connectivity index (χ1v) is 13.3. The summed E-state index contributed by atoms with van der Waals surface area (Å²) in [7, 11) is -1.46. The number of carbonyl (C=O) groups excluding carboxylic acids is 1. The molecule has 0 fully saturated rings. The van der Waals surface area contributed by atoms with E-state index < -0.39 is 28.3 Å². The Morgan fingerprint density at radius 3 is 2.32 bits per heavy atom. The number of sulfonamides is 1. The van der Waals surface area contributed by atoms with Crippen molar-refractivity contribution >= 4 is 27.8 Å². The Morgan fingerprint density at radius 1 is 1.00 bits per heavy atom. The highest BCUT2D eigenvalue weighted by atomic mass is 32.2. The van der Waals surface area contributed by atoms with Crippen molar-refractivity contribution in [1.82, 2.24) is 5.43 Å². The van der Waals surface area contributed by atoms with Crippen molar-refractivity contribution in [1.29, 1.82) is 0 Å². The van der Waals surface area contributed by atoms with Crippen molar-refractivity contribution in [2.24, 2.45) is 5.10 Å². The van der Waals surface area contributed by atoms with Gasteiger partial charge in [-0.25, -0.2) is 18.2 Å². The largest absolute Gasteiger partial charge is 0.494 e. The molecule has 3 aromatic rings. The molecule has 38 heavy (non-hydrogen) atoms. The topological polar surface area (TPSA) is 107 Å². The van der Waals surface area contributed by atoms with E-state index in [1.165, 1.54) is 50.8 Å². The SMILES string of the molecule is CCCCOc1ccc(/C=N\NC(=O)CN(c2ccc(F)cc2)S(=O)(=O)c2ccc(OC)c(OC)c2)cc1. The van der Waals surface area contributed by atoms with Crippen molar-refractivity contribution in [3.05, 3.63) is 78.1 Å². The minimum Gasteiger partial charge on any atom is -0.494 e. The molecule has 0 atom stereocenters. The molecular weight excluding hydrogens is 513 g/mol. The normalized spacial score (nSPS) is 11.3. The third kappa shape index (κ3) is 7.45. The highest BCUT2D eigenvalue weighted by Crippen LogP contribution is 2.32. The Labute approximate surface area is 221 Å². The van der Waals surface area contributed by atoms with Crippen molar-refractivity contribution < 1.29 is 31.8 Å². The van der Waals surface area contributed by atoms with E-state index in [0.717, 1.165) is 35.0 Å². The first kappa shape index (κ1) is 28.5. The maximum Gasteiger partial charge on any atom is 0.264 e. The van der Waals surface area contributed by atoms with Crippen LogP contribution in [-0.2, 0) is 14.8 Å². The zero-order valence-electron chi connectivity index (χ0n) is 21.4. The molecule has 9 nitrogen and oxygen atoms in total. The summed E-state index contributed by atoms with van der Waals surface area (Å²) in [5.74, 6) is 0.0213. The quantitative estimate of drug-likeness (QED) is 0.195. The van der Waals surface area contributed by atoms with Gasteiger partial charge < -0.3 is 14.2 Å². The number of amides is 1. The summed E-state index contributed by atoms with van der Waals surface area (Å²) >= 11 is 0. The van der Waals surface area contributed by atoms with E-state index in [9.17, 15) is 17.6 Å². The lowest BCUT2D eigenvalue weighted by Crippen LogP contribution is -2.39. The minimum atomic E-state index is -4.26.